The first-order chi connectivity index (χ1) is 10.1. The van der Waals surface area contributed by atoms with Crippen molar-refractivity contribution in [1.29, 1.82) is 0 Å². The van der Waals surface area contributed by atoms with E-state index >= 15 is 0 Å². The third kappa shape index (κ3) is 4.79. The first kappa shape index (κ1) is 15.9. The summed E-state index contributed by atoms with van der Waals surface area (Å²) < 4.78 is 32.3. The number of aliphatic hydroxyl groups is 1. The van der Waals surface area contributed by atoms with Gasteiger partial charge in [-0.1, -0.05) is 11.8 Å². The molecule has 0 saturated carbocycles. The van der Waals surface area contributed by atoms with Gasteiger partial charge in [-0.05, 0) is 24.8 Å². The highest BCUT2D eigenvalue weighted by Gasteiger charge is 2.19. The van der Waals surface area contributed by atoms with Crippen molar-refractivity contribution in [2.45, 2.75) is 17.7 Å². The molecule has 2 heterocycles. The Morgan fingerprint density at radius 2 is 2.33 bits per heavy atom. The van der Waals surface area contributed by atoms with E-state index in [-0.39, 0.29) is 17.4 Å². The van der Waals surface area contributed by atoms with Gasteiger partial charge in [0.25, 0.3) is 0 Å². The summed E-state index contributed by atoms with van der Waals surface area (Å²) in [6.07, 6.45) is 4.66. The van der Waals surface area contributed by atoms with Crippen molar-refractivity contribution in [2.24, 2.45) is 5.92 Å². The van der Waals surface area contributed by atoms with Crippen LogP contribution in [0.25, 0.3) is 0 Å². The maximum atomic E-state index is 12.2. The summed E-state index contributed by atoms with van der Waals surface area (Å²) in [6, 6.07) is 1.44. The molecule has 1 aromatic heterocycles. The number of aliphatic hydroxyl groups excluding tert-OH is 1. The molecule has 1 aliphatic rings. The van der Waals surface area contributed by atoms with Crippen LogP contribution < -0.4 is 4.72 Å². The van der Waals surface area contributed by atoms with Crippen molar-refractivity contribution in [3.05, 3.63) is 24.0 Å². The molecule has 1 saturated heterocycles. The molecule has 1 fully saturated rings. The Hall–Kier alpha value is -1.46. The molecule has 1 aromatic rings. The lowest BCUT2D eigenvalue weighted by Crippen LogP contribution is -2.33. The zero-order chi connectivity index (χ0) is 15.1. The number of pyridine rings is 1. The highest BCUT2D eigenvalue weighted by Crippen LogP contribution is 2.14. The fourth-order valence-electron chi connectivity index (χ4n) is 2.06. The predicted octanol–water partition coefficient (Wildman–Crippen LogP) is 0.130. The Balaban J connectivity index is 2.04. The molecule has 0 bridgehead atoms. The van der Waals surface area contributed by atoms with Crippen LogP contribution in [-0.2, 0) is 14.8 Å². The van der Waals surface area contributed by atoms with E-state index in [2.05, 4.69) is 21.5 Å². The zero-order valence-corrected chi connectivity index (χ0v) is 12.4. The number of hydrogen-bond acceptors (Lipinski definition) is 5. The van der Waals surface area contributed by atoms with E-state index in [0.717, 1.165) is 19.4 Å². The van der Waals surface area contributed by atoms with Crippen LogP contribution in [0.15, 0.2) is 23.4 Å². The number of aromatic nitrogens is 1. The van der Waals surface area contributed by atoms with Gasteiger partial charge in [0.2, 0.25) is 10.0 Å². The van der Waals surface area contributed by atoms with Gasteiger partial charge in [-0.3, -0.25) is 4.98 Å². The van der Waals surface area contributed by atoms with E-state index in [9.17, 15) is 8.42 Å². The smallest absolute Gasteiger partial charge is 0.242 e. The Bertz CT molecular complexity index is 628. The van der Waals surface area contributed by atoms with Gasteiger partial charge >= 0.3 is 0 Å². The van der Waals surface area contributed by atoms with Crippen molar-refractivity contribution in [3.8, 4) is 11.8 Å². The summed E-state index contributed by atoms with van der Waals surface area (Å²) in [6.45, 7) is 1.41. The minimum absolute atomic E-state index is 0.0731. The Kier molecular flexibility index (Phi) is 5.70. The average molecular weight is 310 g/mol. The fourth-order valence-corrected chi connectivity index (χ4v) is 3.16. The van der Waals surface area contributed by atoms with Crippen LogP contribution in [0.5, 0.6) is 0 Å². The van der Waals surface area contributed by atoms with Gasteiger partial charge in [-0.2, -0.15) is 0 Å². The third-order valence-electron chi connectivity index (χ3n) is 3.15. The van der Waals surface area contributed by atoms with E-state index in [1.54, 1.807) is 0 Å². The topological polar surface area (TPSA) is 88.5 Å². The van der Waals surface area contributed by atoms with Crippen LogP contribution in [0.4, 0.5) is 0 Å². The lowest BCUT2D eigenvalue weighted by molar-refractivity contribution is 0.0568. The number of nitrogens with zero attached hydrogens (tertiary/aromatic N) is 1. The van der Waals surface area contributed by atoms with Gasteiger partial charge in [0, 0.05) is 31.1 Å². The maximum Gasteiger partial charge on any atom is 0.242 e. The number of nitrogens with one attached hydrogen (secondary N) is 1. The lowest BCUT2D eigenvalue weighted by atomic mass is 10.0. The van der Waals surface area contributed by atoms with Crippen LogP contribution in [0, 0.1) is 17.8 Å². The van der Waals surface area contributed by atoms with E-state index in [4.69, 9.17) is 9.84 Å². The number of rotatable bonds is 4. The standard InChI is InChI=1S/C14H18N2O4S/c17-5-1-3-12-7-14(10-15-8-12)21(18,19)16-9-13-4-2-6-20-11-13/h7-8,10,13,16-17H,2,4-6,9,11H2. The SMILES string of the molecule is O=S(=O)(NCC1CCCOC1)c1cncc(C#CCO)c1. The average Bonchev–Trinajstić information content (AvgIpc) is 2.52. The predicted molar refractivity (Wildman–Crippen MR) is 76.9 cm³/mol. The van der Waals surface area contributed by atoms with Gasteiger partial charge in [0.15, 0.2) is 0 Å². The van der Waals surface area contributed by atoms with Gasteiger partial charge in [0.1, 0.15) is 11.5 Å². The van der Waals surface area contributed by atoms with Crippen LogP contribution in [-0.4, -0.2) is 44.9 Å². The summed E-state index contributed by atoms with van der Waals surface area (Å²) in [5.41, 5.74) is 0.452. The molecule has 1 atom stereocenters. The summed E-state index contributed by atoms with van der Waals surface area (Å²) in [4.78, 5) is 3.94. The Labute approximate surface area is 124 Å². The first-order valence-corrected chi connectivity index (χ1v) is 8.22. The number of ether oxygens (including phenoxy) is 1. The minimum Gasteiger partial charge on any atom is -0.384 e. The molecule has 0 amide bonds. The fraction of sp³-hybridized carbons (Fsp3) is 0.500. The van der Waals surface area contributed by atoms with Crippen molar-refractivity contribution >= 4 is 10.0 Å². The summed E-state index contributed by atoms with van der Waals surface area (Å²) in [5.74, 6) is 5.31. The Morgan fingerprint density at radius 3 is 3.05 bits per heavy atom. The molecule has 7 heteroatoms. The highest BCUT2D eigenvalue weighted by atomic mass is 32.2. The van der Waals surface area contributed by atoms with Crippen molar-refractivity contribution < 1.29 is 18.3 Å². The summed E-state index contributed by atoms with van der Waals surface area (Å²) in [7, 11) is -3.61. The van der Waals surface area contributed by atoms with E-state index in [0.29, 0.717) is 18.7 Å². The molecule has 0 aliphatic carbocycles. The van der Waals surface area contributed by atoms with E-state index in [1.165, 1.54) is 18.5 Å². The second kappa shape index (κ2) is 7.52. The van der Waals surface area contributed by atoms with E-state index in [1.807, 2.05) is 0 Å². The molecule has 2 rings (SSSR count). The summed E-state index contributed by atoms with van der Waals surface area (Å²) in [5, 5.41) is 8.65. The molecule has 6 nitrogen and oxygen atoms in total. The quantitative estimate of drug-likeness (QED) is 0.772. The Morgan fingerprint density at radius 1 is 1.48 bits per heavy atom. The molecule has 2 N–H and O–H groups in total. The van der Waals surface area contributed by atoms with Crippen LogP contribution in [0.3, 0.4) is 0 Å². The van der Waals surface area contributed by atoms with Gasteiger partial charge < -0.3 is 9.84 Å². The first-order valence-electron chi connectivity index (χ1n) is 6.74. The molecule has 0 spiro atoms. The van der Waals surface area contributed by atoms with Crippen molar-refractivity contribution in [1.82, 2.24) is 9.71 Å². The number of sulfonamides is 1. The van der Waals surface area contributed by atoms with Gasteiger partial charge in [-0.25, -0.2) is 13.1 Å². The second-order valence-corrected chi connectivity index (χ2v) is 6.57. The molecular formula is C14H18N2O4S. The minimum atomic E-state index is -3.61. The summed E-state index contributed by atoms with van der Waals surface area (Å²) >= 11 is 0. The maximum absolute atomic E-state index is 12.2. The van der Waals surface area contributed by atoms with Crippen LogP contribution in [0.1, 0.15) is 18.4 Å². The van der Waals surface area contributed by atoms with Crippen LogP contribution in [0.2, 0.25) is 0 Å². The van der Waals surface area contributed by atoms with Crippen molar-refractivity contribution in [2.75, 3.05) is 26.4 Å². The molecular weight excluding hydrogens is 292 g/mol. The largest absolute Gasteiger partial charge is 0.384 e. The molecule has 1 aliphatic heterocycles. The lowest BCUT2D eigenvalue weighted by Gasteiger charge is -2.22. The molecule has 0 radical (unpaired) electrons. The molecule has 1 unspecified atom stereocenters. The van der Waals surface area contributed by atoms with Crippen LogP contribution >= 0.6 is 0 Å². The van der Waals surface area contributed by atoms with Crippen molar-refractivity contribution in [3.63, 3.8) is 0 Å². The molecule has 21 heavy (non-hydrogen) atoms. The zero-order valence-electron chi connectivity index (χ0n) is 11.6. The molecule has 0 aromatic carbocycles. The second-order valence-electron chi connectivity index (χ2n) is 4.80. The highest BCUT2D eigenvalue weighted by molar-refractivity contribution is 7.89. The third-order valence-corrected chi connectivity index (χ3v) is 4.54. The monoisotopic (exact) mass is 310 g/mol. The van der Waals surface area contributed by atoms with Gasteiger partial charge in [-0.15, -0.1) is 0 Å². The van der Waals surface area contributed by atoms with E-state index < -0.39 is 10.0 Å². The normalized spacial score (nSPS) is 18.8. The number of hydrogen-bond donors (Lipinski definition) is 2. The van der Waals surface area contributed by atoms with Gasteiger partial charge in [0.05, 0.1) is 6.61 Å². The molecule has 114 valence electrons.